The number of anilines is 2. The first kappa shape index (κ1) is 13.5. The van der Waals surface area contributed by atoms with Crippen molar-refractivity contribution in [3.05, 3.63) is 24.3 Å². The van der Waals surface area contributed by atoms with Crippen LogP contribution in [0, 0.1) is 0 Å². The average Bonchev–Trinajstić information content (AvgIpc) is 2.40. The molecule has 0 amide bonds. The van der Waals surface area contributed by atoms with Gasteiger partial charge < -0.3 is 9.64 Å². The molecule has 1 N–H and O–H groups in total. The number of sulfonamides is 1. The van der Waals surface area contributed by atoms with Crippen molar-refractivity contribution in [1.29, 1.82) is 0 Å². The lowest BCUT2D eigenvalue weighted by Gasteiger charge is -2.30. The quantitative estimate of drug-likeness (QED) is 0.853. The highest BCUT2D eigenvalue weighted by Gasteiger charge is 2.17. The predicted molar refractivity (Wildman–Crippen MR) is 72.7 cm³/mol. The van der Waals surface area contributed by atoms with Gasteiger partial charge in [-0.1, -0.05) is 12.1 Å². The predicted octanol–water partition coefficient (Wildman–Crippen LogP) is 1.46. The smallest absolute Gasteiger partial charge is 0.246 e. The van der Waals surface area contributed by atoms with Crippen molar-refractivity contribution in [3.8, 4) is 0 Å². The summed E-state index contributed by atoms with van der Waals surface area (Å²) >= 11 is 5.40. The Kier molecular flexibility index (Phi) is 4.31. The third kappa shape index (κ3) is 3.28. The van der Waals surface area contributed by atoms with Crippen LogP contribution in [0.5, 0.6) is 0 Å². The molecule has 0 unspecified atom stereocenters. The first-order valence-electron chi connectivity index (χ1n) is 5.60. The molecule has 0 saturated carbocycles. The van der Waals surface area contributed by atoms with E-state index in [1.807, 2.05) is 12.1 Å². The van der Waals surface area contributed by atoms with Crippen LogP contribution in [0.4, 0.5) is 11.4 Å². The van der Waals surface area contributed by atoms with Crippen molar-refractivity contribution < 1.29 is 13.2 Å². The van der Waals surface area contributed by atoms with Gasteiger partial charge in [0.2, 0.25) is 10.0 Å². The van der Waals surface area contributed by atoms with E-state index in [0.29, 0.717) is 18.9 Å². The first-order valence-corrected chi connectivity index (χ1v) is 7.79. The number of halogens is 1. The third-order valence-electron chi connectivity index (χ3n) is 2.66. The highest BCUT2D eigenvalue weighted by molar-refractivity contribution is 7.93. The summed E-state index contributed by atoms with van der Waals surface area (Å²) in [7, 11) is -3.48. The van der Waals surface area contributed by atoms with Crippen LogP contribution in [0.1, 0.15) is 0 Å². The lowest BCUT2D eigenvalue weighted by Crippen LogP contribution is -2.36. The summed E-state index contributed by atoms with van der Waals surface area (Å²) in [6, 6.07) is 7.28. The molecule has 0 radical (unpaired) electrons. The molecule has 0 atom stereocenters. The van der Waals surface area contributed by atoms with Gasteiger partial charge in [0.1, 0.15) is 5.21 Å². The number of nitrogens with zero attached hydrogens (tertiary/aromatic N) is 1. The Hall–Kier alpha value is -0.980. The number of hydrogen-bond donors (Lipinski definition) is 1. The zero-order valence-corrected chi connectivity index (χ0v) is 11.4. The molecular weight excluding hydrogens is 276 g/mol. The van der Waals surface area contributed by atoms with Crippen molar-refractivity contribution in [2.75, 3.05) is 41.1 Å². The molecule has 1 saturated heterocycles. The Morgan fingerprint density at radius 2 is 1.94 bits per heavy atom. The Balaban J connectivity index is 2.25. The fourth-order valence-electron chi connectivity index (χ4n) is 1.83. The summed E-state index contributed by atoms with van der Waals surface area (Å²) in [4.78, 5) is 2.09. The molecule has 2 rings (SSSR count). The lowest BCUT2D eigenvalue weighted by molar-refractivity contribution is 0.123. The maximum atomic E-state index is 11.5. The van der Waals surface area contributed by atoms with Crippen molar-refractivity contribution in [2.24, 2.45) is 0 Å². The molecule has 18 heavy (non-hydrogen) atoms. The number of benzene rings is 1. The number of hydrogen-bond acceptors (Lipinski definition) is 4. The summed E-state index contributed by atoms with van der Waals surface area (Å²) in [5, 5.41) is -0.454. The fourth-order valence-corrected chi connectivity index (χ4v) is 2.56. The van der Waals surface area contributed by atoms with E-state index in [0.717, 1.165) is 18.8 Å². The SMILES string of the molecule is O=S(=O)(CCl)Nc1ccccc1N1CCOCC1. The number of rotatable bonds is 4. The number of nitrogens with one attached hydrogen (secondary N) is 1. The molecule has 1 aromatic carbocycles. The molecule has 5 nitrogen and oxygen atoms in total. The molecule has 1 aliphatic rings. The normalized spacial score (nSPS) is 16.6. The van der Waals surface area contributed by atoms with Crippen LogP contribution in [0.3, 0.4) is 0 Å². The second-order valence-electron chi connectivity index (χ2n) is 3.94. The maximum Gasteiger partial charge on any atom is 0.246 e. The summed E-state index contributed by atoms with van der Waals surface area (Å²) in [6.07, 6.45) is 0. The summed E-state index contributed by atoms with van der Waals surface area (Å²) in [6.45, 7) is 2.80. The second kappa shape index (κ2) is 5.77. The summed E-state index contributed by atoms with van der Waals surface area (Å²) < 4.78 is 30.8. The maximum absolute atomic E-state index is 11.5. The number of ether oxygens (including phenoxy) is 1. The van der Waals surface area contributed by atoms with Crippen LogP contribution in [-0.4, -0.2) is 39.9 Å². The van der Waals surface area contributed by atoms with Gasteiger partial charge >= 0.3 is 0 Å². The zero-order chi connectivity index (χ0) is 13.0. The number of para-hydroxylation sites is 2. The van der Waals surface area contributed by atoms with Gasteiger partial charge in [0, 0.05) is 13.1 Å². The topological polar surface area (TPSA) is 58.6 Å². The Morgan fingerprint density at radius 3 is 2.61 bits per heavy atom. The largest absolute Gasteiger partial charge is 0.378 e. The van der Waals surface area contributed by atoms with Gasteiger partial charge in [0.15, 0.2) is 0 Å². The van der Waals surface area contributed by atoms with Gasteiger partial charge in [-0.15, -0.1) is 11.6 Å². The molecule has 1 aliphatic heterocycles. The standard InChI is InChI=1S/C11H15ClN2O3S/c12-9-18(15,16)13-10-3-1-2-4-11(10)14-5-7-17-8-6-14/h1-4,13H,5-9H2. The third-order valence-corrected chi connectivity index (χ3v) is 4.34. The van der Waals surface area contributed by atoms with Gasteiger partial charge in [0.25, 0.3) is 0 Å². The first-order chi connectivity index (χ1) is 8.62. The highest BCUT2D eigenvalue weighted by Crippen LogP contribution is 2.27. The number of morpholine rings is 1. The molecule has 0 spiro atoms. The van der Waals surface area contributed by atoms with Gasteiger partial charge in [-0.05, 0) is 12.1 Å². The van der Waals surface area contributed by atoms with Crippen LogP contribution in [-0.2, 0) is 14.8 Å². The summed E-state index contributed by atoms with van der Waals surface area (Å²) in [5.74, 6) is 0. The molecule has 1 fully saturated rings. The Morgan fingerprint density at radius 1 is 1.28 bits per heavy atom. The fraction of sp³-hybridized carbons (Fsp3) is 0.455. The van der Waals surface area contributed by atoms with Crippen molar-refractivity contribution in [2.45, 2.75) is 0 Å². The van der Waals surface area contributed by atoms with Crippen molar-refractivity contribution in [1.82, 2.24) is 0 Å². The van der Waals surface area contributed by atoms with Crippen molar-refractivity contribution >= 4 is 33.0 Å². The van der Waals surface area contributed by atoms with Crippen molar-refractivity contribution in [3.63, 3.8) is 0 Å². The van der Waals surface area contributed by atoms with E-state index in [-0.39, 0.29) is 0 Å². The van der Waals surface area contributed by atoms with Gasteiger partial charge in [-0.25, -0.2) is 8.42 Å². The van der Waals surface area contributed by atoms with Gasteiger partial charge in [-0.3, -0.25) is 4.72 Å². The molecule has 0 aromatic heterocycles. The van der Waals surface area contributed by atoms with Crippen LogP contribution >= 0.6 is 11.6 Å². The molecule has 1 aromatic rings. The van der Waals surface area contributed by atoms with E-state index in [1.54, 1.807) is 12.1 Å². The van der Waals surface area contributed by atoms with E-state index in [2.05, 4.69) is 9.62 Å². The molecular formula is C11H15ClN2O3S. The van der Waals surface area contributed by atoms with E-state index in [4.69, 9.17) is 16.3 Å². The second-order valence-corrected chi connectivity index (χ2v) is 6.25. The van der Waals surface area contributed by atoms with E-state index in [9.17, 15) is 8.42 Å². The zero-order valence-electron chi connectivity index (χ0n) is 9.80. The summed E-state index contributed by atoms with van der Waals surface area (Å²) in [5.41, 5.74) is 1.41. The minimum atomic E-state index is -3.48. The lowest BCUT2D eigenvalue weighted by atomic mass is 10.2. The van der Waals surface area contributed by atoms with Crippen LogP contribution < -0.4 is 9.62 Å². The minimum Gasteiger partial charge on any atom is -0.378 e. The van der Waals surface area contributed by atoms with Crippen LogP contribution in [0.15, 0.2) is 24.3 Å². The molecule has 7 heteroatoms. The van der Waals surface area contributed by atoms with Gasteiger partial charge in [-0.2, -0.15) is 0 Å². The highest BCUT2D eigenvalue weighted by atomic mass is 35.5. The van der Waals surface area contributed by atoms with Gasteiger partial charge in [0.05, 0.1) is 24.6 Å². The van der Waals surface area contributed by atoms with E-state index in [1.165, 1.54) is 0 Å². The average molecular weight is 291 g/mol. The Bertz CT molecular complexity index is 501. The Labute approximate surface area is 112 Å². The van der Waals surface area contributed by atoms with E-state index >= 15 is 0 Å². The molecule has 0 bridgehead atoms. The van der Waals surface area contributed by atoms with Crippen LogP contribution in [0.25, 0.3) is 0 Å². The minimum absolute atomic E-state index is 0.454. The molecule has 1 heterocycles. The van der Waals surface area contributed by atoms with Crippen LogP contribution in [0.2, 0.25) is 0 Å². The van der Waals surface area contributed by atoms with E-state index < -0.39 is 15.2 Å². The monoisotopic (exact) mass is 290 g/mol. The molecule has 100 valence electrons. The number of alkyl halides is 1. The molecule has 0 aliphatic carbocycles.